The molecule has 2 aromatic carbocycles. The zero-order valence-corrected chi connectivity index (χ0v) is 13.3. The molecule has 3 aromatic rings. The van der Waals surface area contributed by atoms with Crippen molar-refractivity contribution in [1.29, 1.82) is 0 Å². The van der Waals surface area contributed by atoms with Gasteiger partial charge in [0, 0.05) is 13.0 Å². The molecule has 1 heterocycles. The van der Waals surface area contributed by atoms with Gasteiger partial charge in [0.2, 0.25) is 0 Å². The van der Waals surface area contributed by atoms with E-state index < -0.39 is 12.0 Å². The number of hydrogen-bond acceptors (Lipinski definition) is 4. The third-order valence-corrected chi connectivity index (χ3v) is 3.59. The summed E-state index contributed by atoms with van der Waals surface area (Å²) in [5.41, 5.74) is 1.66. The molecule has 0 aliphatic heterocycles. The van der Waals surface area contributed by atoms with Crippen molar-refractivity contribution < 1.29 is 14.3 Å². The molecule has 7 heteroatoms. The average molecular weight is 340 g/mol. The van der Waals surface area contributed by atoms with Crippen molar-refractivity contribution in [2.45, 2.75) is 12.5 Å². The molecular weight excluding hydrogens is 323 g/mol. The van der Waals surface area contributed by atoms with Crippen LogP contribution in [0.5, 0.6) is 0 Å². The molecule has 0 spiro atoms. The van der Waals surface area contributed by atoms with E-state index in [9.17, 15) is 14.3 Å². The summed E-state index contributed by atoms with van der Waals surface area (Å²) < 4.78 is 12.9. The molecule has 0 saturated carbocycles. The third-order valence-electron chi connectivity index (χ3n) is 3.59. The van der Waals surface area contributed by atoms with Crippen LogP contribution in [0, 0.1) is 5.82 Å². The molecule has 0 fully saturated rings. The van der Waals surface area contributed by atoms with Crippen LogP contribution in [-0.4, -0.2) is 38.7 Å². The van der Waals surface area contributed by atoms with Gasteiger partial charge in [0.05, 0.1) is 18.0 Å². The van der Waals surface area contributed by atoms with Crippen molar-refractivity contribution in [3.63, 3.8) is 0 Å². The number of aliphatic hydroxyl groups is 1. The summed E-state index contributed by atoms with van der Waals surface area (Å²) in [6.45, 7) is 0.108. The molecule has 6 nitrogen and oxygen atoms in total. The van der Waals surface area contributed by atoms with Gasteiger partial charge in [-0.2, -0.15) is 9.90 Å². The normalized spacial score (nSPS) is 11.9. The number of nitrogens with one attached hydrogen (secondary N) is 1. The smallest absolute Gasteiger partial charge is 0.273 e. The lowest BCUT2D eigenvalue weighted by Gasteiger charge is -2.11. The number of carbonyl (C=O) groups is 1. The number of rotatable bonds is 6. The van der Waals surface area contributed by atoms with Crippen LogP contribution in [0.3, 0.4) is 0 Å². The fourth-order valence-electron chi connectivity index (χ4n) is 2.33. The van der Waals surface area contributed by atoms with E-state index in [1.54, 1.807) is 0 Å². The minimum absolute atomic E-state index is 0.108. The van der Waals surface area contributed by atoms with Gasteiger partial charge in [0.15, 0.2) is 5.69 Å². The lowest BCUT2D eigenvalue weighted by atomic mass is 10.1. The van der Waals surface area contributed by atoms with Gasteiger partial charge in [-0.1, -0.05) is 30.3 Å². The minimum atomic E-state index is -0.696. The van der Waals surface area contributed by atoms with Crippen LogP contribution < -0.4 is 5.32 Å². The van der Waals surface area contributed by atoms with Gasteiger partial charge in [0.1, 0.15) is 5.82 Å². The summed E-state index contributed by atoms with van der Waals surface area (Å²) in [6, 6.07) is 15.1. The standard InChI is InChI=1S/C18H17FN4O2/c19-14-6-8-15(9-7-14)23-21-12-17(22-23)18(25)20-11-16(24)10-13-4-2-1-3-5-13/h1-9,12,16,24H,10-11H2,(H,20,25)/t16-/m0/s1. The highest BCUT2D eigenvalue weighted by molar-refractivity contribution is 5.91. The fraction of sp³-hybridized carbons (Fsp3) is 0.167. The van der Waals surface area contributed by atoms with Crippen LogP contribution in [0.2, 0.25) is 0 Å². The van der Waals surface area contributed by atoms with Crippen molar-refractivity contribution in [3.8, 4) is 5.69 Å². The van der Waals surface area contributed by atoms with Crippen LogP contribution in [0.15, 0.2) is 60.8 Å². The summed E-state index contributed by atoms with van der Waals surface area (Å²) in [7, 11) is 0. The Balaban J connectivity index is 1.56. The molecule has 128 valence electrons. The van der Waals surface area contributed by atoms with Crippen LogP contribution in [-0.2, 0) is 6.42 Å². The predicted octanol–water partition coefficient (Wildman–Crippen LogP) is 1.74. The van der Waals surface area contributed by atoms with Gasteiger partial charge in [-0.25, -0.2) is 4.39 Å². The molecule has 0 radical (unpaired) electrons. The van der Waals surface area contributed by atoms with E-state index in [0.717, 1.165) is 5.56 Å². The van der Waals surface area contributed by atoms with E-state index in [1.165, 1.54) is 35.3 Å². The Kier molecular flexibility index (Phi) is 5.15. The third kappa shape index (κ3) is 4.48. The molecule has 3 rings (SSSR count). The maximum Gasteiger partial charge on any atom is 0.273 e. The van der Waals surface area contributed by atoms with E-state index in [1.807, 2.05) is 30.3 Å². The van der Waals surface area contributed by atoms with Crippen molar-refractivity contribution in [1.82, 2.24) is 20.3 Å². The summed E-state index contributed by atoms with van der Waals surface area (Å²) in [6.07, 6.45) is 1.07. The van der Waals surface area contributed by atoms with E-state index in [2.05, 4.69) is 15.5 Å². The van der Waals surface area contributed by atoms with E-state index in [4.69, 9.17) is 0 Å². The molecule has 1 atom stereocenters. The van der Waals surface area contributed by atoms with Crippen molar-refractivity contribution in [2.24, 2.45) is 0 Å². The highest BCUT2D eigenvalue weighted by atomic mass is 19.1. The maximum atomic E-state index is 12.9. The van der Waals surface area contributed by atoms with Crippen molar-refractivity contribution in [2.75, 3.05) is 6.54 Å². The number of aliphatic hydroxyl groups excluding tert-OH is 1. The molecule has 0 aliphatic rings. The molecule has 1 amide bonds. The Bertz CT molecular complexity index is 834. The Morgan fingerprint density at radius 1 is 1.16 bits per heavy atom. The van der Waals surface area contributed by atoms with Crippen molar-refractivity contribution >= 4 is 5.91 Å². The lowest BCUT2D eigenvalue weighted by molar-refractivity contribution is 0.0910. The second kappa shape index (κ2) is 7.67. The zero-order valence-electron chi connectivity index (χ0n) is 13.3. The quantitative estimate of drug-likeness (QED) is 0.716. The Labute approximate surface area is 143 Å². The van der Waals surface area contributed by atoms with Gasteiger partial charge in [-0.3, -0.25) is 4.79 Å². The first-order valence-corrected chi connectivity index (χ1v) is 7.80. The summed E-state index contributed by atoms with van der Waals surface area (Å²) in [4.78, 5) is 13.3. The van der Waals surface area contributed by atoms with Crippen LogP contribution in [0.1, 0.15) is 16.1 Å². The molecule has 1 aromatic heterocycles. The lowest BCUT2D eigenvalue weighted by Crippen LogP contribution is -2.33. The molecule has 25 heavy (non-hydrogen) atoms. The first-order valence-electron chi connectivity index (χ1n) is 7.80. The fourth-order valence-corrected chi connectivity index (χ4v) is 2.33. The number of carbonyl (C=O) groups excluding carboxylic acids is 1. The Hall–Kier alpha value is -3.06. The number of aromatic nitrogens is 3. The Morgan fingerprint density at radius 3 is 2.60 bits per heavy atom. The number of nitrogens with zero attached hydrogens (tertiary/aromatic N) is 3. The predicted molar refractivity (Wildman–Crippen MR) is 89.8 cm³/mol. The zero-order chi connectivity index (χ0) is 17.6. The Morgan fingerprint density at radius 2 is 1.88 bits per heavy atom. The number of amides is 1. The molecule has 2 N–H and O–H groups in total. The molecule has 0 bridgehead atoms. The highest BCUT2D eigenvalue weighted by Crippen LogP contribution is 2.07. The summed E-state index contributed by atoms with van der Waals surface area (Å²) >= 11 is 0. The van der Waals surface area contributed by atoms with Gasteiger partial charge in [0.25, 0.3) is 5.91 Å². The SMILES string of the molecule is O=C(NC[C@@H](O)Cc1ccccc1)c1cnn(-c2ccc(F)cc2)n1. The second-order valence-corrected chi connectivity index (χ2v) is 5.55. The minimum Gasteiger partial charge on any atom is -0.391 e. The number of benzene rings is 2. The molecule has 0 aliphatic carbocycles. The van der Waals surface area contributed by atoms with Gasteiger partial charge in [-0.15, -0.1) is 5.10 Å². The van der Waals surface area contributed by atoms with E-state index in [-0.39, 0.29) is 18.1 Å². The number of hydrogen-bond donors (Lipinski definition) is 2. The van der Waals surface area contributed by atoms with Gasteiger partial charge < -0.3 is 10.4 Å². The van der Waals surface area contributed by atoms with Crippen molar-refractivity contribution in [3.05, 3.63) is 77.9 Å². The molecule has 0 unspecified atom stereocenters. The first kappa shape index (κ1) is 16.8. The van der Waals surface area contributed by atoms with Gasteiger partial charge in [-0.05, 0) is 29.8 Å². The second-order valence-electron chi connectivity index (χ2n) is 5.55. The largest absolute Gasteiger partial charge is 0.391 e. The summed E-state index contributed by atoms with van der Waals surface area (Å²) in [5, 5.41) is 20.7. The van der Waals surface area contributed by atoms with E-state index in [0.29, 0.717) is 12.1 Å². The van der Waals surface area contributed by atoms with E-state index >= 15 is 0 Å². The molecular formula is C18H17FN4O2. The summed E-state index contributed by atoms with van der Waals surface area (Å²) in [5.74, 6) is -0.790. The number of halogens is 1. The highest BCUT2D eigenvalue weighted by Gasteiger charge is 2.13. The topological polar surface area (TPSA) is 80.0 Å². The van der Waals surface area contributed by atoms with Crippen LogP contribution in [0.4, 0.5) is 4.39 Å². The van der Waals surface area contributed by atoms with Gasteiger partial charge >= 0.3 is 0 Å². The van der Waals surface area contributed by atoms with Crippen LogP contribution >= 0.6 is 0 Å². The van der Waals surface area contributed by atoms with Crippen LogP contribution in [0.25, 0.3) is 5.69 Å². The maximum absolute atomic E-state index is 12.9. The molecule has 0 saturated heterocycles. The first-order chi connectivity index (χ1) is 12.1. The average Bonchev–Trinajstić information content (AvgIpc) is 3.11. The monoisotopic (exact) mass is 340 g/mol.